The molecule has 0 saturated heterocycles. The van der Waals surface area contributed by atoms with Crippen molar-refractivity contribution in [1.29, 1.82) is 0 Å². The van der Waals surface area contributed by atoms with E-state index >= 15 is 0 Å². The zero-order valence-electron chi connectivity index (χ0n) is 14.3. The summed E-state index contributed by atoms with van der Waals surface area (Å²) < 4.78 is 5.51. The summed E-state index contributed by atoms with van der Waals surface area (Å²) in [6.45, 7) is 0.481. The number of ether oxygens (including phenoxy) is 1. The number of likely N-dealkylation sites (N-methyl/N-ethyl adjacent to an activating group) is 1. The van der Waals surface area contributed by atoms with Crippen molar-refractivity contribution in [3.63, 3.8) is 0 Å². The molecule has 2 rings (SSSR count). The molecule has 0 aliphatic heterocycles. The molecule has 0 spiro atoms. The number of non-ortho nitro benzene ring substituents is 1. The molecule has 0 aliphatic carbocycles. The van der Waals surface area contributed by atoms with E-state index < -0.39 is 10.8 Å². The van der Waals surface area contributed by atoms with Gasteiger partial charge in [-0.25, -0.2) is 0 Å². The van der Waals surface area contributed by atoms with Gasteiger partial charge in [-0.3, -0.25) is 19.7 Å². The average Bonchev–Trinajstić information content (AvgIpc) is 2.66. The second-order valence-electron chi connectivity index (χ2n) is 5.47. The summed E-state index contributed by atoms with van der Waals surface area (Å²) in [4.78, 5) is 35.7. The molecule has 0 unspecified atom stereocenters. The summed E-state index contributed by atoms with van der Waals surface area (Å²) in [6, 6.07) is 14.6. The maximum Gasteiger partial charge on any atom is 0.270 e. The van der Waals surface area contributed by atoms with E-state index in [1.54, 1.807) is 7.05 Å². The lowest BCUT2D eigenvalue weighted by Gasteiger charge is -2.17. The first-order chi connectivity index (χ1) is 12.5. The predicted molar refractivity (Wildman–Crippen MR) is 95.0 cm³/mol. The molecule has 0 heterocycles. The van der Waals surface area contributed by atoms with Gasteiger partial charge >= 0.3 is 0 Å². The normalized spacial score (nSPS) is 10.0. The van der Waals surface area contributed by atoms with Crippen LogP contribution in [0.25, 0.3) is 0 Å². The Morgan fingerprint density at radius 2 is 1.88 bits per heavy atom. The Bertz CT molecular complexity index is 779. The van der Waals surface area contributed by atoms with Gasteiger partial charge in [0.2, 0.25) is 5.91 Å². The van der Waals surface area contributed by atoms with Crippen molar-refractivity contribution in [2.24, 2.45) is 0 Å². The number of carbonyl (C=O) groups is 2. The number of hydrogen-bond acceptors (Lipinski definition) is 5. The standard InChI is InChI=1S/C18H19N3O5/c1-20(10-11-26-16-8-3-2-4-9-16)17(22)13-19-18(23)14-6-5-7-15(12-14)21(24)25/h2-9,12H,10-11,13H2,1H3,(H,19,23). The molecule has 0 atom stereocenters. The van der Waals surface area contributed by atoms with Gasteiger partial charge in [0.15, 0.2) is 0 Å². The van der Waals surface area contributed by atoms with Crippen LogP contribution in [0.4, 0.5) is 5.69 Å². The van der Waals surface area contributed by atoms with Crippen LogP contribution in [0.1, 0.15) is 10.4 Å². The Morgan fingerprint density at radius 1 is 1.15 bits per heavy atom. The minimum absolute atomic E-state index is 0.127. The van der Waals surface area contributed by atoms with E-state index in [4.69, 9.17) is 4.74 Å². The second kappa shape index (κ2) is 9.16. The quantitative estimate of drug-likeness (QED) is 0.574. The highest BCUT2D eigenvalue weighted by Crippen LogP contribution is 2.12. The molecule has 8 nitrogen and oxygen atoms in total. The van der Waals surface area contributed by atoms with Crippen LogP contribution in [-0.2, 0) is 4.79 Å². The molecule has 136 valence electrons. The fraction of sp³-hybridized carbons (Fsp3) is 0.222. The van der Waals surface area contributed by atoms with Crippen LogP contribution in [0, 0.1) is 10.1 Å². The van der Waals surface area contributed by atoms with Crippen molar-refractivity contribution in [3.05, 3.63) is 70.3 Å². The van der Waals surface area contributed by atoms with Crippen molar-refractivity contribution in [1.82, 2.24) is 10.2 Å². The lowest BCUT2D eigenvalue weighted by Crippen LogP contribution is -2.39. The van der Waals surface area contributed by atoms with Crippen LogP contribution in [0.5, 0.6) is 5.75 Å². The molecule has 0 fully saturated rings. The fourth-order valence-electron chi connectivity index (χ4n) is 2.10. The lowest BCUT2D eigenvalue weighted by atomic mass is 10.2. The van der Waals surface area contributed by atoms with Crippen LogP contribution < -0.4 is 10.1 Å². The molecule has 0 saturated carbocycles. The maximum absolute atomic E-state index is 12.0. The topological polar surface area (TPSA) is 102 Å². The van der Waals surface area contributed by atoms with Crippen LogP contribution in [0.3, 0.4) is 0 Å². The van der Waals surface area contributed by atoms with E-state index in [2.05, 4.69) is 5.32 Å². The number of hydrogen-bond donors (Lipinski definition) is 1. The van der Waals surface area contributed by atoms with Gasteiger partial charge in [-0.05, 0) is 18.2 Å². The molecule has 0 aliphatic rings. The van der Waals surface area contributed by atoms with Crippen LogP contribution in [0.15, 0.2) is 54.6 Å². The third-order valence-corrected chi connectivity index (χ3v) is 3.58. The number of nitrogens with one attached hydrogen (secondary N) is 1. The Labute approximate surface area is 150 Å². The van der Waals surface area contributed by atoms with Gasteiger partial charge in [-0.2, -0.15) is 0 Å². The van der Waals surface area contributed by atoms with Gasteiger partial charge in [-0.1, -0.05) is 24.3 Å². The highest BCUT2D eigenvalue weighted by molar-refractivity contribution is 5.96. The van der Waals surface area contributed by atoms with Crippen molar-refractivity contribution in [2.45, 2.75) is 0 Å². The molecule has 2 aromatic carbocycles. The molecule has 2 amide bonds. The van der Waals surface area contributed by atoms with Crippen LogP contribution >= 0.6 is 0 Å². The largest absolute Gasteiger partial charge is 0.492 e. The van der Waals surface area contributed by atoms with Crippen molar-refractivity contribution in [2.75, 3.05) is 26.7 Å². The fourth-order valence-corrected chi connectivity index (χ4v) is 2.10. The number of rotatable bonds is 8. The summed E-state index contributed by atoms with van der Waals surface area (Å²) in [6.07, 6.45) is 0. The zero-order chi connectivity index (χ0) is 18.9. The first kappa shape index (κ1) is 18.9. The molecule has 0 aromatic heterocycles. The van der Waals surface area contributed by atoms with E-state index in [1.165, 1.54) is 23.1 Å². The van der Waals surface area contributed by atoms with Gasteiger partial charge < -0.3 is 15.0 Å². The highest BCUT2D eigenvalue weighted by atomic mass is 16.6. The first-order valence-corrected chi connectivity index (χ1v) is 7.92. The third kappa shape index (κ3) is 5.59. The average molecular weight is 357 g/mol. The monoisotopic (exact) mass is 357 g/mol. The Hall–Kier alpha value is -3.42. The van der Waals surface area contributed by atoms with Gasteiger partial charge in [0.05, 0.1) is 18.0 Å². The second-order valence-corrected chi connectivity index (χ2v) is 5.47. The van der Waals surface area contributed by atoms with E-state index in [0.717, 1.165) is 6.07 Å². The number of nitro benzene ring substituents is 1. The van der Waals surface area contributed by atoms with Gasteiger partial charge in [0, 0.05) is 24.7 Å². The first-order valence-electron chi connectivity index (χ1n) is 7.92. The minimum atomic E-state index is -0.581. The Balaban J connectivity index is 1.77. The van der Waals surface area contributed by atoms with Crippen molar-refractivity contribution < 1.29 is 19.2 Å². The Kier molecular flexibility index (Phi) is 6.67. The minimum Gasteiger partial charge on any atom is -0.492 e. The van der Waals surface area contributed by atoms with Gasteiger partial charge in [-0.15, -0.1) is 0 Å². The molecule has 0 bridgehead atoms. The third-order valence-electron chi connectivity index (χ3n) is 3.58. The number of nitrogens with zero attached hydrogens (tertiary/aromatic N) is 2. The molecule has 1 N–H and O–H groups in total. The maximum atomic E-state index is 12.0. The highest BCUT2D eigenvalue weighted by Gasteiger charge is 2.14. The summed E-state index contributed by atoms with van der Waals surface area (Å²) in [5, 5.41) is 13.2. The summed E-state index contributed by atoms with van der Waals surface area (Å²) in [7, 11) is 1.61. The van der Waals surface area contributed by atoms with Crippen molar-refractivity contribution in [3.8, 4) is 5.75 Å². The van der Waals surface area contributed by atoms with Gasteiger partial charge in [0.25, 0.3) is 11.6 Å². The van der Waals surface area contributed by atoms with Crippen molar-refractivity contribution >= 4 is 17.5 Å². The van der Waals surface area contributed by atoms with E-state index in [0.29, 0.717) is 18.9 Å². The van der Waals surface area contributed by atoms with Crippen LogP contribution in [0.2, 0.25) is 0 Å². The summed E-state index contributed by atoms with van der Waals surface area (Å²) in [5.41, 5.74) is -0.0544. The number of carbonyl (C=O) groups excluding carboxylic acids is 2. The summed E-state index contributed by atoms with van der Waals surface area (Å²) in [5.74, 6) is -0.122. The number of nitro groups is 1. The van der Waals surface area contributed by atoms with Crippen LogP contribution in [-0.4, -0.2) is 48.4 Å². The molecule has 26 heavy (non-hydrogen) atoms. The predicted octanol–water partition coefficient (Wildman–Crippen LogP) is 1.86. The van der Waals surface area contributed by atoms with E-state index in [1.807, 2.05) is 30.3 Å². The smallest absolute Gasteiger partial charge is 0.270 e. The number of benzene rings is 2. The SMILES string of the molecule is CN(CCOc1ccccc1)C(=O)CNC(=O)c1cccc([N+](=O)[O-])c1. The molecular formula is C18H19N3O5. The zero-order valence-corrected chi connectivity index (χ0v) is 14.3. The molecule has 0 radical (unpaired) electrons. The molecular weight excluding hydrogens is 338 g/mol. The number of amides is 2. The van der Waals surface area contributed by atoms with E-state index in [-0.39, 0.29) is 23.7 Å². The molecule has 8 heteroatoms. The summed E-state index contributed by atoms with van der Waals surface area (Å²) >= 11 is 0. The number of para-hydroxylation sites is 1. The molecule has 2 aromatic rings. The lowest BCUT2D eigenvalue weighted by molar-refractivity contribution is -0.384. The van der Waals surface area contributed by atoms with E-state index in [9.17, 15) is 19.7 Å². The van der Waals surface area contributed by atoms with Gasteiger partial charge in [0.1, 0.15) is 12.4 Å². The Morgan fingerprint density at radius 3 is 2.58 bits per heavy atom.